The molecule has 3 aromatic rings. The highest BCUT2D eigenvalue weighted by atomic mass is 32.1. The minimum atomic E-state index is -0.941. The Morgan fingerprint density at radius 2 is 2.27 bits per heavy atom. The normalized spacial score (nSPS) is 10.7. The molecule has 0 aliphatic rings. The molecule has 134 valence electrons. The summed E-state index contributed by atoms with van der Waals surface area (Å²) >= 11 is 1.45. The second kappa shape index (κ2) is 6.92. The van der Waals surface area contributed by atoms with E-state index in [0.717, 1.165) is 28.8 Å². The molecule has 0 fully saturated rings. The molecule has 0 bridgehead atoms. The van der Waals surface area contributed by atoms with Gasteiger partial charge in [-0.15, -0.1) is 11.3 Å². The fourth-order valence-corrected chi connectivity index (χ4v) is 2.98. The third-order valence-electron chi connectivity index (χ3n) is 3.63. The number of nitro groups is 1. The number of nitrogens with zero attached hydrogens (tertiary/aromatic N) is 3. The van der Waals surface area contributed by atoms with Gasteiger partial charge in [-0.1, -0.05) is 6.07 Å². The Balaban J connectivity index is 2.05. The lowest BCUT2D eigenvalue weighted by Gasteiger charge is -2.06. The number of aryl methyl sites for hydroxylation is 1. The summed E-state index contributed by atoms with van der Waals surface area (Å²) in [6.45, 7) is 1.61. The second-order valence-electron chi connectivity index (χ2n) is 5.29. The van der Waals surface area contributed by atoms with Crippen molar-refractivity contribution in [1.29, 1.82) is 0 Å². The number of hydrogen-bond donors (Lipinski definition) is 0. The minimum absolute atomic E-state index is 0.0782. The quantitative estimate of drug-likeness (QED) is 0.382. The summed E-state index contributed by atoms with van der Waals surface area (Å²) in [7, 11) is 1.10. The Labute approximate surface area is 150 Å². The summed E-state index contributed by atoms with van der Waals surface area (Å²) in [6, 6.07) is 4.60. The summed E-state index contributed by atoms with van der Waals surface area (Å²) in [4.78, 5) is 39.8. The maximum atomic E-state index is 12.5. The molecule has 0 aliphatic carbocycles. The van der Waals surface area contributed by atoms with E-state index in [2.05, 4.69) is 9.72 Å². The van der Waals surface area contributed by atoms with E-state index >= 15 is 0 Å². The van der Waals surface area contributed by atoms with E-state index < -0.39 is 27.7 Å². The number of carbonyl (C=O) groups is 1. The molecule has 0 amide bonds. The summed E-state index contributed by atoms with van der Waals surface area (Å²) < 4.78 is 11.2. The Morgan fingerprint density at radius 1 is 1.50 bits per heavy atom. The number of oxazole rings is 1. The number of hydrogen-bond acceptors (Lipinski definition) is 8. The zero-order valence-corrected chi connectivity index (χ0v) is 14.6. The van der Waals surface area contributed by atoms with E-state index in [1.54, 1.807) is 6.92 Å². The first-order valence-corrected chi connectivity index (χ1v) is 8.26. The van der Waals surface area contributed by atoms with Gasteiger partial charge in [0, 0.05) is 6.07 Å². The standard InChI is InChI=1S/C16H13N3O6S/c1-9-12(17-14(25-9)13-4-3-5-26-13)8-18-7-10(19(22)23)6-11(15(18)20)16(21)24-2/h3-7H,8H2,1-2H3. The van der Waals surface area contributed by atoms with Gasteiger partial charge in [-0.25, -0.2) is 9.78 Å². The van der Waals surface area contributed by atoms with Crippen LogP contribution in [0.25, 0.3) is 10.8 Å². The lowest BCUT2D eigenvalue weighted by molar-refractivity contribution is -0.385. The summed E-state index contributed by atoms with van der Waals surface area (Å²) in [6.07, 6.45) is 1.06. The van der Waals surface area contributed by atoms with Crippen LogP contribution in [0, 0.1) is 17.0 Å². The van der Waals surface area contributed by atoms with Crippen molar-refractivity contribution in [2.24, 2.45) is 0 Å². The molecule has 0 atom stereocenters. The molecule has 0 radical (unpaired) electrons. The van der Waals surface area contributed by atoms with Crippen molar-refractivity contribution in [3.05, 3.63) is 67.3 Å². The van der Waals surface area contributed by atoms with Crippen LogP contribution in [0.3, 0.4) is 0 Å². The van der Waals surface area contributed by atoms with Crippen LogP contribution in [-0.2, 0) is 11.3 Å². The molecule has 0 spiro atoms. The molecule has 0 N–H and O–H groups in total. The van der Waals surface area contributed by atoms with Crippen LogP contribution < -0.4 is 5.56 Å². The first-order chi connectivity index (χ1) is 12.4. The molecule has 0 saturated carbocycles. The van der Waals surface area contributed by atoms with E-state index in [1.165, 1.54) is 11.3 Å². The smallest absolute Gasteiger partial charge is 0.343 e. The Morgan fingerprint density at radius 3 is 2.88 bits per heavy atom. The molecule has 9 nitrogen and oxygen atoms in total. The molecule has 0 unspecified atom stereocenters. The van der Waals surface area contributed by atoms with Crippen LogP contribution in [0.15, 0.2) is 39.0 Å². The predicted octanol–water partition coefficient (Wildman–Crippen LogP) is 2.62. The van der Waals surface area contributed by atoms with Crippen molar-refractivity contribution in [3.63, 3.8) is 0 Å². The van der Waals surface area contributed by atoms with E-state index in [9.17, 15) is 19.7 Å². The van der Waals surface area contributed by atoms with E-state index in [4.69, 9.17) is 4.42 Å². The molecule has 0 saturated heterocycles. The summed E-state index contributed by atoms with van der Waals surface area (Å²) in [5.41, 5.74) is -1.08. The van der Waals surface area contributed by atoms with Gasteiger partial charge >= 0.3 is 5.97 Å². The zero-order chi connectivity index (χ0) is 18.8. The monoisotopic (exact) mass is 375 g/mol. The van der Waals surface area contributed by atoms with Gasteiger partial charge in [-0.05, 0) is 18.4 Å². The highest BCUT2D eigenvalue weighted by molar-refractivity contribution is 7.13. The van der Waals surface area contributed by atoms with Gasteiger partial charge in [0.05, 0.1) is 29.7 Å². The van der Waals surface area contributed by atoms with Crippen molar-refractivity contribution in [1.82, 2.24) is 9.55 Å². The van der Waals surface area contributed by atoms with Crippen LogP contribution in [0.4, 0.5) is 5.69 Å². The first kappa shape index (κ1) is 17.5. The van der Waals surface area contributed by atoms with Gasteiger partial charge in [0.25, 0.3) is 11.2 Å². The molecular weight excluding hydrogens is 362 g/mol. The van der Waals surface area contributed by atoms with E-state index in [-0.39, 0.29) is 6.54 Å². The average molecular weight is 375 g/mol. The molecule has 0 aromatic carbocycles. The van der Waals surface area contributed by atoms with E-state index in [1.807, 2.05) is 17.5 Å². The largest absolute Gasteiger partial charge is 0.465 e. The van der Waals surface area contributed by atoms with Crippen molar-refractivity contribution in [3.8, 4) is 10.8 Å². The number of methoxy groups -OCH3 is 1. The van der Waals surface area contributed by atoms with E-state index in [0.29, 0.717) is 17.3 Å². The third kappa shape index (κ3) is 3.26. The first-order valence-electron chi connectivity index (χ1n) is 7.38. The number of aromatic nitrogens is 2. The predicted molar refractivity (Wildman–Crippen MR) is 92.4 cm³/mol. The number of esters is 1. The van der Waals surface area contributed by atoms with Gasteiger partial charge in [-0.2, -0.15) is 0 Å². The fourth-order valence-electron chi connectivity index (χ4n) is 2.34. The minimum Gasteiger partial charge on any atom is -0.465 e. The number of pyridine rings is 1. The maximum absolute atomic E-state index is 12.5. The zero-order valence-electron chi connectivity index (χ0n) is 13.8. The summed E-state index contributed by atoms with van der Waals surface area (Å²) in [5, 5.41) is 13.0. The topological polar surface area (TPSA) is 117 Å². The molecule has 3 aromatic heterocycles. The Hall–Kier alpha value is -3.27. The van der Waals surface area contributed by atoms with Crippen molar-refractivity contribution in [2.75, 3.05) is 7.11 Å². The molecular formula is C16H13N3O6S. The molecule has 10 heteroatoms. The van der Waals surface area contributed by atoms with Crippen LogP contribution in [0.1, 0.15) is 21.8 Å². The number of rotatable bonds is 5. The van der Waals surface area contributed by atoms with Crippen molar-refractivity contribution >= 4 is 23.0 Å². The van der Waals surface area contributed by atoms with Crippen LogP contribution >= 0.6 is 11.3 Å². The summed E-state index contributed by atoms with van der Waals surface area (Å²) in [5.74, 6) is -0.0609. The lowest BCUT2D eigenvalue weighted by Crippen LogP contribution is -2.27. The van der Waals surface area contributed by atoms with Gasteiger partial charge in [0.2, 0.25) is 5.89 Å². The van der Waals surface area contributed by atoms with Gasteiger partial charge in [0.15, 0.2) is 0 Å². The number of ether oxygens (including phenoxy) is 1. The number of carbonyl (C=O) groups excluding carboxylic acids is 1. The van der Waals surface area contributed by atoms with Crippen LogP contribution in [0.2, 0.25) is 0 Å². The Kier molecular flexibility index (Phi) is 4.67. The highest BCUT2D eigenvalue weighted by Gasteiger charge is 2.21. The number of thiophene rings is 1. The van der Waals surface area contributed by atoms with Crippen LogP contribution in [0.5, 0.6) is 0 Å². The SMILES string of the molecule is COC(=O)c1cc([N+](=O)[O-])cn(Cc2nc(-c3cccs3)oc2C)c1=O. The molecule has 0 aliphatic heterocycles. The lowest BCUT2D eigenvalue weighted by atomic mass is 10.2. The van der Waals surface area contributed by atoms with Gasteiger partial charge in [-0.3, -0.25) is 14.9 Å². The van der Waals surface area contributed by atoms with Crippen molar-refractivity contribution in [2.45, 2.75) is 13.5 Å². The molecule has 3 heterocycles. The maximum Gasteiger partial charge on any atom is 0.343 e. The molecule has 26 heavy (non-hydrogen) atoms. The van der Waals surface area contributed by atoms with Crippen LogP contribution in [-0.4, -0.2) is 27.6 Å². The molecule has 3 rings (SSSR count). The average Bonchev–Trinajstić information content (AvgIpc) is 3.26. The Bertz CT molecular complexity index is 1030. The van der Waals surface area contributed by atoms with Crippen molar-refractivity contribution < 1.29 is 18.9 Å². The highest BCUT2D eigenvalue weighted by Crippen LogP contribution is 2.26. The van der Waals surface area contributed by atoms with Gasteiger partial charge in [0.1, 0.15) is 17.0 Å². The third-order valence-corrected chi connectivity index (χ3v) is 4.49. The van der Waals surface area contributed by atoms with Gasteiger partial charge < -0.3 is 13.7 Å². The fraction of sp³-hybridized carbons (Fsp3) is 0.188. The second-order valence-corrected chi connectivity index (χ2v) is 6.24.